The summed E-state index contributed by atoms with van der Waals surface area (Å²) in [5.74, 6) is -0.0327. The number of nitrogens with one attached hydrogen (secondary N) is 1. The second-order valence-electron chi connectivity index (χ2n) is 6.72. The van der Waals surface area contributed by atoms with Crippen molar-refractivity contribution < 1.29 is 4.79 Å². The molecule has 3 rings (SSSR count). The Morgan fingerprint density at radius 2 is 1.50 bits per heavy atom. The van der Waals surface area contributed by atoms with Gasteiger partial charge in [-0.2, -0.15) is 0 Å². The molecule has 3 aromatic rings. The van der Waals surface area contributed by atoms with Gasteiger partial charge >= 0.3 is 0 Å². The minimum atomic E-state index is -0.0327. The molecule has 0 aliphatic carbocycles. The Balaban J connectivity index is 1.75. The lowest BCUT2D eigenvalue weighted by atomic mass is 9.99. The SMILES string of the molecule is CC[C@@H](NC(=O)c1ccc(-c2ccccc2)cc1)c1ccc(C)c(C)c1. The number of carbonyl (C=O) groups is 1. The summed E-state index contributed by atoms with van der Waals surface area (Å²) >= 11 is 0. The molecule has 0 aliphatic rings. The van der Waals surface area contributed by atoms with Crippen molar-refractivity contribution in [2.24, 2.45) is 0 Å². The summed E-state index contributed by atoms with van der Waals surface area (Å²) in [6.45, 7) is 6.31. The summed E-state index contributed by atoms with van der Waals surface area (Å²) in [5.41, 5.74) is 6.63. The zero-order valence-corrected chi connectivity index (χ0v) is 15.6. The van der Waals surface area contributed by atoms with Gasteiger partial charge in [0.15, 0.2) is 0 Å². The summed E-state index contributed by atoms with van der Waals surface area (Å²) in [5, 5.41) is 3.17. The first-order valence-corrected chi connectivity index (χ1v) is 9.12. The van der Waals surface area contributed by atoms with Crippen molar-refractivity contribution in [3.63, 3.8) is 0 Å². The topological polar surface area (TPSA) is 29.1 Å². The third kappa shape index (κ3) is 4.02. The monoisotopic (exact) mass is 343 g/mol. The van der Waals surface area contributed by atoms with E-state index in [1.807, 2.05) is 42.5 Å². The van der Waals surface area contributed by atoms with Crippen LogP contribution in [0, 0.1) is 13.8 Å². The van der Waals surface area contributed by atoms with Crippen molar-refractivity contribution in [1.29, 1.82) is 0 Å². The molecule has 26 heavy (non-hydrogen) atoms. The third-order valence-corrected chi connectivity index (χ3v) is 4.90. The van der Waals surface area contributed by atoms with Gasteiger partial charge in [0.1, 0.15) is 0 Å². The smallest absolute Gasteiger partial charge is 0.251 e. The van der Waals surface area contributed by atoms with Gasteiger partial charge in [-0.3, -0.25) is 4.79 Å². The minimum Gasteiger partial charge on any atom is -0.345 e. The van der Waals surface area contributed by atoms with Gasteiger partial charge in [0, 0.05) is 5.56 Å². The van der Waals surface area contributed by atoms with E-state index >= 15 is 0 Å². The molecule has 0 unspecified atom stereocenters. The van der Waals surface area contributed by atoms with Gasteiger partial charge in [-0.1, -0.05) is 67.6 Å². The predicted octanol–water partition coefficient (Wildman–Crippen LogP) is 5.85. The average Bonchev–Trinajstić information content (AvgIpc) is 2.69. The number of benzene rings is 3. The molecule has 0 spiro atoms. The molecule has 1 amide bonds. The maximum absolute atomic E-state index is 12.7. The van der Waals surface area contributed by atoms with Crippen LogP contribution in [0.4, 0.5) is 0 Å². The largest absolute Gasteiger partial charge is 0.345 e. The van der Waals surface area contributed by atoms with E-state index in [1.54, 1.807) is 0 Å². The van der Waals surface area contributed by atoms with E-state index < -0.39 is 0 Å². The Kier molecular flexibility index (Phi) is 5.52. The van der Waals surface area contributed by atoms with Crippen molar-refractivity contribution in [2.45, 2.75) is 33.2 Å². The Morgan fingerprint density at radius 3 is 2.12 bits per heavy atom. The molecule has 0 aliphatic heterocycles. The first kappa shape index (κ1) is 17.9. The molecule has 0 aromatic heterocycles. The fourth-order valence-electron chi connectivity index (χ4n) is 3.09. The van der Waals surface area contributed by atoms with Crippen LogP contribution in [0.3, 0.4) is 0 Å². The Bertz CT molecular complexity index is 882. The number of amides is 1. The van der Waals surface area contributed by atoms with E-state index in [0.717, 1.165) is 23.1 Å². The molecule has 1 N–H and O–H groups in total. The summed E-state index contributed by atoms with van der Waals surface area (Å²) in [6, 6.07) is 24.4. The van der Waals surface area contributed by atoms with E-state index in [1.165, 1.54) is 11.1 Å². The number of rotatable bonds is 5. The van der Waals surface area contributed by atoms with E-state index in [0.29, 0.717) is 5.56 Å². The van der Waals surface area contributed by atoms with Crippen LogP contribution < -0.4 is 5.32 Å². The molecule has 0 saturated carbocycles. The van der Waals surface area contributed by atoms with Crippen molar-refractivity contribution in [1.82, 2.24) is 5.32 Å². The molecule has 0 fully saturated rings. The normalized spacial score (nSPS) is 11.8. The molecule has 132 valence electrons. The summed E-state index contributed by atoms with van der Waals surface area (Å²) < 4.78 is 0. The maximum atomic E-state index is 12.7. The zero-order valence-electron chi connectivity index (χ0n) is 15.6. The van der Waals surface area contributed by atoms with Crippen LogP contribution in [0.1, 0.15) is 46.4 Å². The lowest BCUT2D eigenvalue weighted by molar-refractivity contribution is 0.0935. The highest BCUT2D eigenvalue weighted by atomic mass is 16.1. The summed E-state index contributed by atoms with van der Waals surface area (Å²) in [4.78, 5) is 12.7. The van der Waals surface area contributed by atoms with Crippen molar-refractivity contribution in [2.75, 3.05) is 0 Å². The molecule has 3 aromatic carbocycles. The van der Waals surface area contributed by atoms with E-state index in [9.17, 15) is 4.79 Å². The highest BCUT2D eigenvalue weighted by Gasteiger charge is 2.14. The molecular weight excluding hydrogens is 318 g/mol. The third-order valence-electron chi connectivity index (χ3n) is 4.90. The van der Waals surface area contributed by atoms with E-state index in [2.05, 4.69) is 56.4 Å². The number of hydrogen-bond acceptors (Lipinski definition) is 1. The second kappa shape index (κ2) is 8.01. The van der Waals surface area contributed by atoms with Crippen LogP contribution in [0.2, 0.25) is 0 Å². The average molecular weight is 343 g/mol. The highest BCUT2D eigenvalue weighted by Crippen LogP contribution is 2.22. The molecule has 0 bridgehead atoms. The Hall–Kier alpha value is -2.87. The number of hydrogen-bond donors (Lipinski definition) is 1. The molecular formula is C24H25NO. The van der Waals surface area contributed by atoms with Gasteiger partial charge in [-0.05, 0) is 60.2 Å². The molecule has 2 heteroatoms. The molecule has 0 saturated heterocycles. The van der Waals surface area contributed by atoms with Crippen molar-refractivity contribution >= 4 is 5.91 Å². The summed E-state index contributed by atoms with van der Waals surface area (Å²) in [6.07, 6.45) is 0.857. The molecule has 1 atom stereocenters. The molecule has 0 radical (unpaired) electrons. The van der Waals surface area contributed by atoms with Crippen LogP contribution in [0.25, 0.3) is 11.1 Å². The summed E-state index contributed by atoms with van der Waals surface area (Å²) in [7, 11) is 0. The first-order chi connectivity index (χ1) is 12.6. The van der Waals surface area contributed by atoms with Gasteiger partial charge in [-0.25, -0.2) is 0 Å². The van der Waals surface area contributed by atoms with Gasteiger partial charge in [-0.15, -0.1) is 0 Å². The van der Waals surface area contributed by atoms with Crippen LogP contribution >= 0.6 is 0 Å². The van der Waals surface area contributed by atoms with Crippen LogP contribution in [-0.4, -0.2) is 5.91 Å². The van der Waals surface area contributed by atoms with E-state index in [4.69, 9.17) is 0 Å². The van der Waals surface area contributed by atoms with Gasteiger partial charge in [0.05, 0.1) is 6.04 Å². The van der Waals surface area contributed by atoms with Crippen molar-refractivity contribution in [3.05, 3.63) is 95.1 Å². The quantitative estimate of drug-likeness (QED) is 0.618. The van der Waals surface area contributed by atoms with E-state index in [-0.39, 0.29) is 11.9 Å². The number of carbonyl (C=O) groups excluding carboxylic acids is 1. The zero-order chi connectivity index (χ0) is 18.5. The van der Waals surface area contributed by atoms with Crippen LogP contribution in [-0.2, 0) is 0 Å². The molecule has 0 heterocycles. The fraction of sp³-hybridized carbons (Fsp3) is 0.208. The Morgan fingerprint density at radius 1 is 0.846 bits per heavy atom. The first-order valence-electron chi connectivity index (χ1n) is 9.12. The molecule has 2 nitrogen and oxygen atoms in total. The standard InChI is InChI=1S/C24H25NO/c1-4-23(22-11-10-17(2)18(3)16-22)25-24(26)21-14-12-20(13-15-21)19-8-6-5-7-9-19/h5-16,23H,4H2,1-3H3,(H,25,26)/t23-/m1/s1. The van der Waals surface area contributed by atoms with Gasteiger partial charge in [0.2, 0.25) is 0 Å². The number of aryl methyl sites for hydroxylation is 2. The predicted molar refractivity (Wildman–Crippen MR) is 108 cm³/mol. The van der Waals surface area contributed by atoms with Gasteiger partial charge in [0.25, 0.3) is 5.91 Å². The highest BCUT2D eigenvalue weighted by molar-refractivity contribution is 5.95. The van der Waals surface area contributed by atoms with Crippen LogP contribution in [0.15, 0.2) is 72.8 Å². The second-order valence-corrected chi connectivity index (χ2v) is 6.72. The van der Waals surface area contributed by atoms with Gasteiger partial charge < -0.3 is 5.32 Å². The lowest BCUT2D eigenvalue weighted by Crippen LogP contribution is -2.28. The fourth-order valence-corrected chi connectivity index (χ4v) is 3.09. The Labute approximate surface area is 155 Å². The van der Waals surface area contributed by atoms with Crippen molar-refractivity contribution in [3.8, 4) is 11.1 Å². The maximum Gasteiger partial charge on any atom is 0.251 e. The minimum absolute atomic E-state index is 0.0237. The van der Waals surface area contributed by atoms with Crippen LogP contribution in [0.5, 0.6) is 0 Å². The lowest BCUT2D eigenvalue weighted by Gasteiger charge is -2.19.